The highest BCUT2D eigenvalue weighted by Crippen LogP contribution is 2.04. The lowest BCUT2D eigenvalue weighted by atomic mass is 10.1. The van der Waals surface area contributed by atoms with Crippen molar-refractivity contribution in [3.05, 3.63) is 12.2 Å². The van der Waals surface area contributed by atoms with Crippen molar-refractivity contribution in [1.29, 1.82) is 0 Å². The van der Waals surface area contributed by atoms with Crippen LogP contribution in [0.1, 0.15) is 51.9 Å². The largest absolute Gasteiger partial charge is 0.385 e. The molecule has 0 bridgehead atoms. The van der Waals surface area contributed by atoms with Gasteiger partial charge in [0.2, 0.25) is 5.91 Å². The van der Waals surface area contributed by atoms with Gasteiger partial charge in [0.25, 0.3) is 0 Å². The lowest BCUT2D eigenvalue weighted by Gasteiger charge is -2.06. The van der Waals surface area contributed by atoms with Gasteiger partial charge in [-0.2, -0.15) is 0 Å². The molecule has 0 rings (SSSR count). The van der Waals surface area contributed by atoms with Crippen LogP contribution in [0.5, 0.6) is 0 Å². The molecule has 3 nitrogen and oxygen atoms in total. The Hall–Kier alpha value is -0.830. The first-order valence-corrected chi connectivity index (χ1v) is 6.63. The Morgan fingerprint density at radius 2 is 1.82 bits per heavy atom. The van der Waals surface area contributed by atoms with E-state index in [0.29, 0.717) is 6.42 Å². The number of hydrogen-bond acceptors (Lipinski definition) is 2. The summed E-state index contributed by atoms with van der Waals surface area (Å²) in [6.45, 7) is 7.50. The van der Waals surface area contributed by atoms with Crippen LogP contribution in [0.2, 0.25) is 0 Å². The highest BCUT2D eigenvalue weighted by atomic mass is 16.5. The van der Waals surface area contributed by atoms with Crippen LogP contribution in [0.3, 0.4) is 0 Å². The molecule has 0 aromatic heterocycles. The summed E-state index contributed by atoms with van der Waals surface area (Å²) >= 11 is 0. The maximum Gasteiger partial charge on any atom is 0.224 e. The van der Waals surface area contributed by atoms with Crippen LogP contribution in [-0.2, 0) is 9.53 Å². The first-order chi connectivity index (χ1) is 8.20. The molecule has 0 fully saturated rings. The molecule has 0 spiro atoms. The summed E-state index contributed by atoms with van der Waals surface area (Å²) in [7, 11) is 1.74. The van der Waals surface area contributed by atoms with Crippen LogP contribution < -0.4 is 5.32 Å². The molecule has 3 heteroatoms. The molecular weight excluding hydrogens is 214 g/mol. The summed E-state index contributed by atoms with van der Waals surface area (Å²) in [6, 6.07) is 0. The van der Waals surface area contributed by atoms with E-state index in [1.807, 2.05) is 6.92 Å². The molecule has 1 amide bonds. The fourth-order valence-corrected chi connectivity index (χ4v) is 1.54. The van der Waals surface area contributed by atoms with Crippen molar-refractivity contribution in [1.82, 2.24) is 5.32 Å². The number of hydrogen-bond donors (Lipinski definition) is 1. The summed E-state index contributed by atoms with van der Waals surface area (Å²) in [6.07, 6.45) is 7.18. The lowest BCUT2D eigenvalue weighted by molar-refractivity contribution is -0.120. The van der Waals surface area contributed by atoms with Gasteiger partial charge in [-0.05, 0) is 19.3 Å². The van der Waals surface area contributed by atoms with Gasteiger partial charge in [0.15, 0.2) is 0 Å². The molecule has 100 valence electrons. The average molecular weight is 241 g/mol. The van der Waals surface area contributed by atoms with Gasteiger partial charge in [-0.25, -0.2) is 0 Å². The summed E-state index contributed by atoms with van der Waals surface area (Å²) in [5, 5.41) is 2.93. The van der Waals surface area contributed by atoms with Crippen molar-refractivity contribution in [2.45, 2.75) is 51.9 Å². The number of rotatable bonds is 11. The van der Waals surface area contributed by atoms with Gasteiger partial charge in [0.05, 0.1) is 0 Å². The quantitative estimate of drug-likeness (QED) is 0.446. The number of carbonyl (C=O) groups excluding carboxylic acids is 1. The molecule has 0 aromatic rings. The van der Waals surface area contributed by atoms with E-state index >= 15 is 0 Å². The first kappa shape index (κ1) is 16.2. The third-order valence-corrected chi connectivity index (χ3v) is 2.76. The molecule has 0 saturated heterocycles. The Morgan fingerprint density at radius 3 is 2.47 bits per heavy atom. The number of methoxy groups -OCH3 is 1. The normalized spacial score (nSPS) is 10.2. The standard InChI is InChI=1S/C14H27NO2/c1-4-13(2)12-14(16)15-10-8-6-5-7-9-11-17-3/h2,4-12H2,1,3H3,(H,15,16). The summed E-state index contributed by atoms with van der Waals surface area (Å²) in [5.41, 5.74) is 1.00. The summed E-state index contributed by atoms with van der Waals surface area (Å²) < 4.78 is 4.98. The average Bonchev–Trinajstić information content (AvgIpc) is 2.32. The molecule has 0 aliphatic heterocycles. The zero-order chi connectivity index (χ0) is 12.9. The first-order valence-electron chi connectivity index (χ1n) is 6.63. The zero-order valence-corrected chi connectivity index (χ0v) is 11.4. The Morgan fingerprint density at radius 1 is 1.18 bits per heavy atom. The van der Waals surface area contributed by atoms with E-state index < -0.39 is 0 Å². The molecule has 0 saturated carbocycles. The van der Waals surface area contributed by atoms with Crippen molar-refractivity contribution in [2.24, 2.45) is 0 Å². The van der Waals surface area contributed by atoms with Crippen LogP contribution in [0.15, 0.2) is 12.2 Å². The molecular formula is C14H27NO2. The minimum atomic E-state index is 0.108. The number of ether oxygens (including phenoxy) is 1. The molecule has 0 unspecified atom stereocenters. The van der Waals surface area contributed by atoms with Crippen LogP contribution in [0.4, 0.5) is 0 Å². The van der Waals surface area contributed by atoms with Gasteiger partial charge in [0.1, 0.15) is 0 Å². The van der Waals surface area contributed by atoms with E-state index in [-0.39, 0.29) is 5.91 Å². The molecule has 0 heterocycles. The van der Waals surface area contributed by atoms with E-state index in [4.69, 9.17) is 4.74 Å². The van der Waals surface area contributed by atoms with Crippen LogP contribution >= 0.6 is 0 Å². The van der Waals surface area contributed by atoms with E-state index in [1.165, 1.54) is 19.3 Å². The molecule has 1 N–H and O–H groups in total. The summed E-state index contributed by atoms with van der Waals surface area (Å²) in [4.78, 5) is 11.4. The van der Waals surface area contributed by atoms with Crippen LogP contribution in [0.25, 0.3) is 0 Å². The SMILES string of the molecule is C=C(CC)CC(=O)NCCCCCCCOC. The fourth-order valence-electron chi connectivity index (χ4n) is 1.54. The Balaban J connectivity index is 3.22. The van der Waals surface area contributed by atoms with Gasteiger partial charge in [-0.15, -0.1) is 0 Å². The van der Waals surface area contributed by atoms with Gasteiger partial charge < -0.3 is 10.1 Å². The monoisotopic (exact) mass is 241 g/mol. The number of nitrogens with one attached hydrogen (secondary N) is 1. The van der Waals surface area contributed by atoms with Crippen molar-refractivity contribution >= 4 is 5.91 Å². The summed E-state index contributed by atoms with van der Waals surface area (Å²) in [5.74, 6) is 0.108. The Kier molecular flexibility index (Phi) is 11.1. The second-order valence-corrected chi connectivity index (χ2v) is 4.39. The minimum absolute atomic E-state index is 0.108. The second kappa shape index (κ2) is 11.6. The third-order valence-electron chi connectivity index (χ3n) is 2.76. The maximum absolute atomic E-state index is 11.4. The van der Waals surface area contributed by atoms with Crippen molar-refractivity contribution in [3.8, 4) is 0 Å². The van der Waals surface area contributed by atoms with E-state index in [0.717, 1.165) is 38.0 Å². The predicted molar refractivity (Wildman–Crippen MR) is 72.0 cm³/mol. The lowest BCUT2D eigenvalue weighted by Crippen LogP contribution is -2.24. The Labute approximate surface area is 106 Å². The number of unbranched alkanes of at least 4 members (excludes halogenated alkanes) is 4. The molecule has 0 aliphatic rings. The van der Waals surface area contributed by atoms with Crippen LogP contribution in [-0.4, -0.2) is 26.2 Å². The molecule has 0 radical (unpaired) electrons. The molecule has 0 aliphatic carbocycles. The van der Waals surface area contributed by atoms with Gasteiger partial charge in [-0.1, -0.05) is 38.3 Å². The van der Waals surface area contributed by atoms with Gasteiger partial charge in [-0.3, -0.25) is 4.79 Å². The van der Waals surface area contributed by atoms with E-state index in [9.17, 15) is 4.79 Å². The number of amides is 1. The zero-order valence-electron chi connectivity index (χ0n) is 11.4. The minimum Gasteiger partial charge on any atom is -0.385 e. The van der Waals surface area contributed by atoms with Crippen LogP contribution in [0, 0.1) is 0 Å². The molecule has 0 atom stereocenters. The third kappa shape index (κ3) is 11.4. The van der Waals surface area contributed by atoms with Crippen molar-refractivity contribution < 1.29 is 9.53 Å². The van der Waals surface area contributed by atoms with E-state index in [1.54, 1.807) is 7.11 Å². The Bertz CT molecular complexity index is 214. The smallest absolute Gasteiger partial charge is 0.224 e. The van der Waals surface area contributed by atoms with E-state index in [2.05, 4.69) is 11.9 Å². The highest BCUT2D eigenvalue weighted by molar-refractivity contribution is 5.78. The number of carbonyl (C=O) groups is 1. The maximum atomic E-state index is 11.4. The van der Waals surface area contributed by atoms with Gasteiger partial charge >= 0.3 is 0 Å². The van der Waals surface area contributed by atoms with Crippen molar-refractivity contribution in [3.63, 3.8) is 0 Å². The predicted octanol–water partition coefficient (Wildman–Crippen LogP) is 3.06. The van der Waals surface area contributed by atoms with Crippen molar-refractivity contribution in [2.75, 3.05) is 20.3 Å². The molecule has 0 aromatic carbocycles. The fraction of sp³-hybridized carbons (Fsp3) is 0.786. The highest BCUT2D eigenvalue weighted by Gasteiger charge is 2.01. The van der Waals surface area contributed by atoms with Gasteiger partial charge in [0, 0.05) is 26.7 Å². The molecule has 17 heavy (non-hydrogen) atoms. The topological polar surface area (TPSA) is 38.3 Å². The second-order valence-electron chi connectivity index (χ2n) is 4.39.